The molecule has 10 heteroatoms. The number of esters is 2. The van der Waals surface area contributed by atoms with E-state index in [1.54, 1.807) is 0 Å². The van der Waals surface area contributed by atoms with Gasteiger partial charge >= 0.3 is 41.5 Å². The number of hydrogen-bond acceptors (Lipinski definition) is 7. The van der Waals surface area contributed by atoms with Gasteiger partial charge in [-0.2, -0.15) is 0 Å². The standard InChI is InChI=1S/C39H75O8P.Na/c1-3-5-7-9-11-13-15-17-19-21-23-25-27-29-31-33-38(40)45-35-37(36-46-48(42,43)44)47-39(41)34-32-30-28-26-24-22-20-18-16-14-12-10-8-6-4-2;/h18,20,37H,3-17,19,21-36H2,1-2H3,(H2,42,43,44);/q;+1/p-1/b20-18-;/t37-;/m1./s1. The number of hydrogen-bond donors (Lipinski definition) is 1. The van der Waals surface area contributed by atoms with Crippen molar-refractivity contribution in [3.63, 3.8) is 0 Å². The fourth-order valence-corrected chi connectivity index (χ4v) is 6.13. The van der Waals surface area contributed by atoms with Crippen molar-refractivity contribution >= 4 is 19.8 Å². The maximum absolute atomic E-state index is 12.3. The number of carbonyl (C=O) groups is 2. The Balaban J connectivity index is 0. The smallest absolute Gasteiger partial charge is 0.756 e. The van der Waals surface area contributed by atoms with E-state index in [2.05, 4.69) is 30.5 Å². The molecule has 0 aromatic heterocycles. The molecule has 0 radical (unpaired) electrons. The van der Waals surface area contributed by atoms with Crippen LogP contribution in [0, 0.1) is 0 Å². The molecule has 284 valence electrons. The summed E-state index contributed by atoms with van der Waals surface area (Å²) < 4.78 is 26.1. The van der Waals surface area contributed by atoms with Crippen LogP contribution in [0.4, 0.5) is 0 Å². The monoisotopic (exact) mass is 725 g/mol. The summed E-state index contributed by atoms with van der Waals surface area (Å²) in [7, 11) is -5.00. The third-order valence-corrected chi connectivity index (χ3v) is 9.25. The summed E-state index contributed by atoms with van der Waals surface area (Å²) in [5, 5.41) is 0. The largest absolute Gasteiger partial charge is 1.00 e. The SMILES string of the molecule is CCCCCCCC/C=C\CCCCCCCC(=O)O[C@H](COC(=O)CCCCCCCCCCCCCCCCC)COP(=O)([O-])O.[Na+]. The topological polar surface area (TPSA) is 122 Å². The first kappa shape index (κ1) is 50.9. The molecule has 49 heavy (non-hydrogen) atoms. The first-order valence-corrected chi connectivity index (χ1v) is 21.5. The van der Waals surface area contributed by atoms with Crippen LogP contribution in [0.1, 0.15) is 206 Å². The van der Waals surface area contributed by atoms with Crippen LogP contribution in [0.15, 0.2) is 12.2 Å². The maximum atomic E-state index is 12.3. The first-order valence-electron chi connectivity index (χ1n) is 20.0. The molecule has 0 saturated carbocycles. The van der Waals surface area contributed by atoms with E-state index in [-0.39, 0.29) is 49.0 Å². The predicted molar refractivity (Wildman–Crippen MR) is 196 cm³/mol. The van der Waals surface area contributed by atoms with Crippen LogP contribution < -0.4 is 34.5 Å². The first-order chi connectivity index (χ1) is 23.3. The van der Waals surface area contributed by atoms with Crippen molar-refractivity contribution in [3.05, 3.63) is 12.2 Å². The Morgan fingerprint density at radius 2 is 0.918 bits per heavy atom. The van der Waals surface area contributed by atoms with Gasteiger partial charge in [-0.15, -0.1) is 0 Å². The van der Waals surface area contributed by atoms with Crippen molar-refractivity contribution in [1.82, 2.24) is 0 Å². The van der Waals surface area contributed by atoms with Crippen molar-refractivity contribution in [2.45, 2.75) is 213 Å². The van der Waals surface area contributed by atoms with Gasteiger partial charge in [0.1, 0.15) is 6.61 Å². The van der Waals surface area contributed by atoms with Gasteiger partial charge in [0.15, 0.2) is 6.10 Å². The van der Waals surface area contributed by atoms with E-state index in [4.69, 9.17) is 14.4 Å². The number of phosphoric acid groups is 1. The van der Waals surface area contributed by atoms with E-state index in [9.17, 15) is 19.0 Å². The van der Waals surface area contributed by atoms with Crippen LogP contribution in [0.2, 0.25) is 0 Å². The van der Waals surface area contributed by atoms with Crippen molar-refractivity contribution in [3.8, 4) is 0 Å². The Morgan fingerprint density at radius 3 is 1.31 bits per heavy atom. The Morgan fingerprint density at radius 1 is 0.571 bits per heavy atom. The molecule has 0 heterocycles. The zero-order valence-electron chi connectivity index (χ0n) is 32.1. The minimum Gasteiger partial charge on any atom is -0.756 e. The molecule has 1 unspecified atom stereocenters. The van der Waals surface area contributed by atoms with Crippen LogP contribution in [0.3, 0.4) is 0 Å². The maximum Gasteiger partial charge on any atom is 1.00 e. The molecular weight excluding hydrogens is 650 g/mol. The quantitative estimate of drug-likeness (QED) is 0.0224. The van der Waals surface area contributed by atoms with E-state index in [1.165, 1.54) is 122 Å². The molecule has 0 aliphatic heterocycles. The Kier molecular flexibility index (Phi) is 40.5. The van der Waals surface area contributed by atoms with Gasteiger partial charge in [-0.3, -0.25) is 14.2 Å². The van der Waals surface area contributed by atoms with E-state index in [1.807, 2.05) is 0 Å². The van der Waals surface area contributed by atoms with E-state index in [0.717, 1.165) is 51.4 Å². The Hall–Kier alpha value is -0.210. The van der Waals surface area contributed by atoms with Crippen LogP contribution in [0.25, 0.3) is 0 Å². The molecule has 8 nitrogen and oxygen atoms in total. The molecule has 0 amide bonds. The van der Waals surface area contributed by atoms with Gasteiger partial charge in [0.2, 0.25) is 0 Å². The average Bonchev–Trinajstić information content (AvgIpc) is 3.05. The Labute approximate surface area is 323 Å². The van der Waals surface area contributed by atoms with Crippen molar-refractivity contribution in [2.24, 2.45) is 0 Å². The molecule has 0 rings (SSSR count). The summed E-state index contributed by atoms with van der Waals surface area (Å²) in [5.41, 5.74) is 0. The second-order valence-electron chi connectivity index (χ2n) is 13.6. The zero-order chi connectivity index (χ0) is 35.4. The Bertz CT molecular complexity index is 804. The number of phosphoric ester groups is 1. The van der Waals surface area contributed by atoms with Gasteiger partial charge in [-0.1, -0.05) is 167 Å². The van der Waals surface area contributed by atoms with Gasteiger partial charge in [-0.05, 0) is 38.5 Å². The predicted octanol–water partition coefficient (Wildman–Crippen LogP) is 8.22. The average molecular weight is 725 g/mol. The van der Waals surface area contributed by atoms with Crippen LogP contribution in [-0.2, 0) is 28.2 Å². The number of ether oxygens (including phenoxy) is 2. The van der Waals surface area contributed by atoms with Crippen molar-refractivity contribution < 1.29 is 67.5 Å². The van der Waals surface area contributed by atoms with Crippen LogP contribution >= 0.6 is 7.82 Å². The van der Waals surface area contributed by atoms with Crippen molar-refractivity contribution in [1.29, 1.82) is 0 Å². The second-order valence-corrected chi connectivity index (χ2v) is 14.8. The summed E-state index contributed by atoms with van der Waals surface area (Å²) in [5.74, 6) is -0.921. The molecule has 0 saturated heterocycles. The third-order valence-electron chi connectivity index (χ3n) is 8.78. The molecule has 0 fully saturated rings. The zero-order valence-corrected chi connectivity index (χ0v) is 35.0. The summed E-state index contributed by atoms with van der Waals surface area (Å²) in [6.07, 6.45) is 37.6. The normalized spacial score (nSPS) is 13.2. The molecule has 0 bridgehead atoms. The van der Waals surface area contributed by atoms with Crippen LogP contribution in [0.5, 0.6) is 0 Å². The van der Waals surface area contributed by atoms with E-state index in [0.29, 0.717) is 6.42 Å². The van der Waals surface area contributed by atoms with Gasteiger partial charge < -0.3 is 23.8 Å². The molecule has 0 aromatic rings. The number of unbranched alkanes of at least 4 members (excludes halogenated alkanes) is 25. The fourth-order valence-electron chi connectivity index (χ4n) is 5.78. The second kappa shape index (κ2) is 39.0. The summed E-state index contributed by atoms with van der Waals surface area (Å²) >= 11 is 0. The number of carbonyl (C=O) groups excluding carboxylic acids is 2. The summed E-state index contributed by atoms with van der Waals surface area (Å²) in [6, 6.07) is 0. The molecule has 0 aliphatic carbocycles. The van der Waals surface area contributed by atoms with Gasteiger partial charge in [0, 0.05) is 12.8 Å². The molecular formula is C39H74NaO8P. The molecule has 0 aliphatic rings. The summed E-state index contributed by atoms with van der Waals surface area (Å²) in [4.78, 5) is 44.6. The molecule has 1 N–H and O–H groups in total. The third kappa shape index (κ3) is 42.1. The van der Waals surface area contributed by atoms with Crippen molar-refractivity contribution in [2.75, 3.05) is 13.2 Å². The molecule has 0 spiro atoms. The molecule has 2 atom stereocenters. The molecule has 0 aromatic carbocycles. The fraction of sp³-hybridized carbons (Fsp3) is 0.897. The minimum absolute atomic E-state index is 0. The van der Waals surface area contributed by atoms with Gasteiger partial charge in [-0.25, -0.2) is 0 Å². The number of rotatable bonds is 37. The van der Waals surface area contributed by atoms with E-state index < -0.39 is 32.5 Å². The van der Waals surface area contributed by atoms with Gasteiger partial charge in [0.05, 0.1) is 6.61 Å². The number of allylic oxidation sites excluding steroid dienone is 2. The van der Waals surface area contributed by atoms with Gasteiger partial charge in [0.25, 0.3) is 7.82 Å². The minimum atomic E-state index is -5.00. The van der Waals surface area contributed by atoms with E-state index >= 15 is 0 Å². The summed E-state index contributed by atoms with van der Waals surface area (Å²) in [6.45, 7) is 3.59. The van der Waals surface area contributed by atoms with Crippen LogP contribution in [-0.4, -0.2) is 36.1 Å².